The van der Waals surface area contributed by atoms with Crippen LogP contribution in [-0.4, -0.2) is 25.8 Å². The largest absolute Gasteiger partial charge is 0.352 e. The van der Waals surface area contributed by atoms with Gasteiger partial charge in [0.25, 0.3) is 11.6 Å². The number of nitro benzene ring substituents is 1. The van der Waals surface area contributed by atoms with E-state index in [1.54, 1.807) is 6.07 Å². The van der Waals surface area contributed by atoms with E-state index in [-0.39, 0.29) is 15.5 Å². The van der Waals surface area contributed by atoms with Crippen molar-refractivity contribution < 1.29 is 18.1 Å². The van der Waals surface area contributed by atoms with Gasteiger partial charge in [0.1, 0.15) is 4.90 Å². The van der Waals surface area contributed by atoms with Crippen LogP contribution in [0.25, 0.3) is 0 Å². The van der Waals surface area contributed by atoms with Crippen molar-refractivity contribution in [2.24, 2.45) is 0 Å². The van der Waals surface area contributed by atoms with Crippen LogP contribution < -0.4 is 5.32 Å². The normalized spacial score (nSPS) is 11.1. The fourth-order valence-electron chi connectivity index (χ4n) is 2.88. The molecular formula is C21H17ClN2O5S. The van der Waals surface area contributed by atoms with Crippen molar-refractivity contribution in [1.29, 1.82) is 0 Å². The lowest BCUT2D eigenvalue weighted by Gasteiger charge is -2.09. The van der Waals surface area contributed by atoms with Gasteiger partial charge in [0, 0.05) is 18.2 Å². The molecule has 0 spiro atoms. The summed E-state index contributed by atoms with van der Waals surface area (Å²) in [6, 6.07) is 18.4. The van der Waals surface area contributed by atoms with E-state index in [0.29, 0.717) is 13.0 Å². The molecule has 154 valence electrons. The van der Waals surface area contributed by atoms with E-state index in [2.05, 4.69) is 5.32 Å². The highest BCUT2D eigenvalue weighted by molar-refractivity contribution is 7.91. The molecule has 9 heteroatoms. The number of carbonyl (C=O) groups excluding carboxylic acids is 1. The second-order valence-electron chi connectivity index (χ2n) is 6.36. The first-order valence-corrected chi connectivity index (χ1v) is 10.8. The fourth-order valence-corrected chi connectivity index (χ4v) is 4.79. The topological polar surface area (TPSA) is 106 Å². The van der Waals surface area contributed by atoms with Crippen molar-refractivity contribution in [3.05, 3.63) is 99.1 Å². The van der Waals surface area contributed by atoms with Gasteiger partial charge >= 0.3 is 0 Å². The van der Waals surface area contributed by atoms with Crippen molar-refractivity contribution in [1.82, 2.24) is 5.32 Å². The molecule has 1 N–H and O–H groups in total. The van der Waals surface area contributed by atoms with Gasteiger partial charge in [-0.3, -0.25) is 14.9 Å². The van der Waals surface area contributed by atoms with Crippen LogP contribution in [0.15, 0.2) is 82.6 Å². The zero-order valence-corrected chi connectivity index (χ0v) is 17.2. The van der Waals surface area contributed by atoms with Gasteiger partial charge in [0.05, 0.1) is 14.8 Å². The van der Waals surface area contributed by atoms with Crippen molar-refractivity contribution in [2.45, 2.75) is 16.2 Å². The maximum atomic E-state index is 12.9. The molecule has 0 fully saturated rings. The Balaban J connectivity index is 1.86. The molecule has 0 aliphatic rings. The molecule has 0 aromatic heterocycles. The van der Waals surface area contributed by atoms with Gasteiger partial charge in [-0.2, -0.15) is 0 Å². The summed E-state index contributed by atoms with van der Waals surface area (Å²) in [5, 5.41) is 14.2. The number of hydrogen-bond donors (Lipinski definition) is 1. The summed E-state index contributed by atoms with van der Waals surface area (Å²) in [6.45, 7) is 0.330. The van der Waals surface area contributed by atoms with Gasteiger partial charge in [-0.05, 0) is 36.2 Å². The number of sulfone groups is 1. The van der Waals surface area contributed by atoms with Crippen LogP contribution in [0.3, 0.4) is 0 Å². The number of amides is 1. The third-order valence-electron chi connectivity index (χ3n) is 4.38. The number of carbonyl (C=O) groups is 1. The number of nitrogens with zero attached hydrogens (tertiary/aromatic N) is 1. The molecule has 0 bridgehead atoms. The minimum atomic E-state index is -4.25. The van der Waals surface area contributed by atoms with E-state index in [1.165, 1.54) is 24.3 Å². The van der Waals surface area contributed by atoms with Crippen molar-refractivity contribution in [2.75, 3.05) is 6.54 Å². The molecule has 0 heterocycles. The van der Waals surface area contributed by atoms with Crippen LogP contribution in [0.4, 0.5) is 5.69 Å². The second kappa shape index (κ2) is 9.06. The average Bonchev–Trinajstić information content (AvgIpc) is 2.74. The zero-order valence-electron chi connectivity index (χ0n) is 15.6. The molecule has 7 nitrogen and oxygen atoms in total. The highest BCUT2D eigenvalue weighted by Gasteiger charge is 2.30. The maximum Gasteiger partial charge on any atom is 0.289 e. The third kappa shape index (κ3) is 4.67. The minimum absolute atomic E-state index is 0.00660. The first-order chi connectivity index (χ1) is 14.3. The summed E-state index contributed by atoms with van der Waals surface area (Å²) in [7, 11) is -4.25. The summed E-state index contributed by atoms with van der Waals surface area (Å²) < 4.78 is 25.8. The highest BCUT2D eigenvalue weighted by Crippen LogP contribution is 2.33. The Hall–Kier alpha value is -3.23. The SMILES string of the molecule is O=C(NCCc1ccccc1)c1ccc(S(=O)(=O)c2ccccc2Cl)c([N+](=O)[O-])c1. The quantitative estimate of drug-likeness (QED) is 0.437. The minimum Gasteiger partial charge on any atom is -0.352 e. The molecule has 0 unspecified atom stereocenters. The Bertz CT molecular complexity index is 1200. The summed E-state index contributed by atoms with van der Waals surface area (Å²) in [5.41, 5.74) is 0.337. The first kappa shape index (κ1) is 21.5. The number of rotatable bonds is 7. The molecular weight excluding hydrogens is 428 g/mol. The van der Waals surface area contributed by atoms with Gasteiger partial charge in [-0.15, -0.1) is 0 Å². The van der Waals surface area contributed by atoms with Gasteiger partial charge < -0.3 is 5.32 Å². The lowest BCUT2D eigenvalue weighted by molar-refractivity contribution is -0.387. The van der Waals surface area contributed by atoms with E-state index in [9.17, 15) is 23.3 Å². The van der Waals surface area contributed by atoms with Gasteiger partial charge in [0.2, 0.25) is 9.84 Å². The van der Waals surface area contributed by atoms with Gasteiger partial charge in [0.15, 0.2) is 0 Å². The Morgan fingerprint density at radius 1 is 0.967 bits per heavy atom. The number of nitro groups is 1. The fraction of sp³-hybridized carbons (Fsp3) is 0.0952. The zero-order chi connectivity index (χ0) is 21.7. The van der Waals surface area contributed by atoms with Crippen LogP contribution in [-0.2, 0) is 16.3 Å². The van der Waals surface area contributed by atoms with E-state index in [4.69, 9.17) is 11.6 Å². The van der Waals surface area contributed by atoms with Crippen molar-refractivity contribution >= 4 is 33.0 Å². The Morgan fingerprint density at radius 3 is 2.30 bits per heavy atom. The van der Waals surface area contributed by atoms with Gasteiger partial charge in [-0.25, -0.2) is 8.42 Å². The molecule has 3 rings (SSSR count). The summed E-state index contributed by atoms with van der Waals surface area (Å²) in [5.74, 6) is -0.532. The van der Waals surface area contributed by atoms with Crippen LogP contribution in [0.2, 0.25) is 5.02 Å². The van der Waals surface area contributed by atoms with E-state index >= 15 is 0 Å². The molecule has 0 saturated carbocycles. The van der Waals surface area contributed by atoms with Crippen molar-refractivity contribution in [3.8, 4) is 0 Å². The van der Waals surface area contributed by atoms with Crippen LogP contribution in [0.1, 0.15) is 15.9 Å². The highest BCUT2D eigenvalue weighted by atomic mass is 35.5. The molecule has 0 aliphatic heterocycles. The van der Waals surface area contributed by atoms with E-state index in [0.717, 1.165) is 17.7 Å². The van der Waals surface area contributed by atoms with Crippen LogP contribution in [0.5, 0.6) is 0 Å². The summed E-state index contributed by atoms with van der Waals surface area (Å²) in [6.07, 6.45) is 0.591. The average molecular weight is 445 g/mol. The van der Waals surface area contributed by atoms with E-state index in [1.807, 2.05) is 30.3 Å². The smallest absolute Gasteiger partial charge is 0.289 e. The van der Waals surface area contributed by atoms with Crippen LogP contribution >= 0.6 is 11.6 Å². The molecule has 30 heavy (non-hydrogen) atoms. The van der Waals surface area contributed by atoms with E-state index < -0.39 is 31.3 Å². The van der Waals surface area contributed by atoms with Gasteiger partial charge in [-0.1, -0.05) is 54.1 Å². The molecule has 3 aromatic carbocycles. The lowest BCUT2D eigenvalue weighted by atomic mass is 10.1. The maximum absolute atomic E-state index is 12.9. The monoisotopic (exact) mass is 444 g/mol. The predicted molar refractivity (Wildman–Crippen MR) is 112 cm³/mol. The molecule has 0 aliphatic carbocycles. The number of benzene rings is 3. The van der Waals surface area contributed by atoms with Crippen molar-refractivity contribution in [3.63, 3.8) is 0 Å². The Kier molecular flexibility index (Phi) is 6.49. The molecule has 0 saturated heterocycles. The Morgan fingerprint density at radius 2 is 1.63 bits per heavy atom. The first-order valence-electron chi connectivity index (χ1n) is 8.91. The lowest BCUT2D eigenvalue weighted by Crippen LogP contribution is -2.25. The standard InChI is InChI=1S/C21H17ClN2O5S/c22-17-8-4-5-9-19(17)30(28,29)20-11-10-16(14-18(20)24(26)27)21(25)23-13-12-15-6-2-1-3-7-15/h1-11,14H,12-13H2,(H,23,25). The molecule has 1 amide bonds. The predicted octanol–water partition coefficient (Wildman–Crippen LogP) is 4.05. The number of hydrogen-bond acceptors (Lipinski definition) is 5. The molecule has 0 atom stereocenters. The third-order valence-corrected chi connectivity index (χ3v) is 6.68. The molecule has 0 radical (unpaired) electrons. The molecule has 3 aromatic rings. The number of nitrogens with one attached hydrogen (secondary N) is 1. The number of halogens is 1. The Labute approximate surface area is 178 Å². The second-order valence-corrected chi connectivity index (χ2v) is 8.66. The summed E-state index contributed by atoms with van der Waals surface area (Å²) >= 11 is 5.97. The van der Waals surface area contributed by atoms with Crippen LogP contribution in [0, 0.1) is 10.1 Å². The summed E-state index contributed by atoms with van der Waals surface area (Å²) in [4.78, 5) is 22.3.